The van der Waals surface area contributed by atoms with Crippen molar-refractivity contribution in [3.8, 4) is 32.4 Å². The van der Waals surface area contributed by atoms with Gasteiger partial charge < -0.3 is 10.5 Å². The van der Waals surface area contributed by atoms with E-state index in [2.05, 4.69) is 28.9 Å². The van der Waals surface area contributed by atoms with Crippen molar-refractivity contribution in [3.05, 3.63) is 76.6 Å². The van der Waals surface area contributed by atoms with Gasteiger partial charge in [-0.3, -0.25) is 0 Å². The third-order valence-corrected chi connectivity index (χ3v) is 7.20. The Morgan fingerprint density at radius 1 is 0.912 bits per heavy atom. The molecule has 0 spiro atoms. The summed E-state index contributed by atoms with van der Waals surface area (Å²) in [6.45, 7) is 0. The molecule has 0 fully saturated rings. The Morgan fingerprint density at radius 3 is 2.12 bits per heavy atom. The Hall–Kier alpha value is -3.45. The van der Waals surface area contributed by atoms with Crippen LogP contribution in [-0.4, -0.2) is 42.2 Å². The molecule has 170 valence electrons. The Labute approximate surface area is 212 Å². The van der Waals surface area contributed by atoms with Crippen molar-refractivity contribution < 1.29 is 9.53 Å². The molecule has 0 saturated heterocycles. The molecule has 8 nitrogen and oxygen atoms in total. The second kappa shape index (κ2) is 11.1. The summed E-state index contributed by atoms with van der Waals surface area (Å²) in [4.78, 5) is 17.7. The van der Waals surface area contributed by atoms with Gasteiger partial charge in [0.05, 0.1) is 7.11 Å². The standard InChI is InChI=1S/C13H9N3O2S2.C9H7N3S2/c1-18-13(17)9-7-19-12(14-9)11-10(15-16-20-11)8-5-3-2-4-6-8;10-9(13)8-7(11-12-14-8)6-4-2-1-3-5-6/h2-7H,1H3;1-5H,(H2,10,13). The Bertz CT molecular complexity index is 1400. The monoisotopic (exact) mass is 524 g/mol. The fraction of sp³-hybridized carbons (Fsp3) is 0.0455. The maximum atomic E-state index is 11.4. The van der Waals surface area contributed by atoms with E-state index in [0.717, 1.165) is 37.3 Å². The van der Waals surface area contributed by atoms with E-state index in [1.54, 1.807) is 5.38 Å². The Balaban J connectivity index is 0.000000172. The average Bonchev–Trinajstić information content (AvgIpc) is 3.65. The van der Waals surface area contributed by atoms with Crippen LogP contribution in [-0.2, 0) is 4.74 Å². The van der Waals surface area contributed by atoms with Crippen LogP contribution < -0.4 is 5.73 Å². The van der Waals surface area contributed by atoms with E-state index >= 15 is 0 Å². The van der Waals surface area contributed by atoms with Gasteiger partial charge in [0.25, 0.3) is 0 Å². The molecule has 5 rings (SSSR count). The number of aromatic nitrogens is 5. The zero-order chi connectivity index (χ0) is 23.9. The Morgan fingerprint density at radius 2 is 1.50 bits per heavy atom. The molecular weight excluding hydrogens is 509 g/mol. The highest BCUT2D eigenvalue weighted by Crippen LogP contribution is 2.35. The third-order valence-electron chi connectivity index (χ3n) is 4.39. The number of hydrogen-bond donors (Lipinski definition) is 1. The molecule has 0 aliphatic carbocycles. The summed E-state index contributed by atoms with van der Waals surface area (Å²) in [5.74, 6) is -0.439. The van der Waals surface area contributed by atoms with Crippen LogP contribution in [0, 0.1) is 0 Å². The normalized spacial score (nSPS) is 10.3. The van der Waals surface area contributed by atoms with E-state index in [-0.39, 0.29) is 0 Å². The van der Waals surface area contributed by atoms with Gasteiger partial charge in [-0.1, -0.05) is 81.9 Å². The predicted molar refractivity (Wildman–Crippen MR) is 139 cm³/mol. The fourth-order valence-electron chi connectivity index (χ4n) is 2.83. The van der Waals surface area contributed by atoms with Gasteiger partial charge in [-0.05, 0) is 23.1 Å². The van der Waals surface area contributed by atoms with E-state index in [0.29, 0.717) is 10.7 Å². The largest absolute Gasteiger partial charge is 0.464 e. The van der Waals surface area contributed by atoms with Crippen molar-refractivity contribution in [3.63, 3.8) is 0 Å². The molecule has 5 aromatic rings. The van der Waals surface area contributed by atoms with Crippen molar-refractivity contribution in [2.24, 2.45) is 5.73 Å². The molecule has 12 heteroatoms. The summed E-state index contributed by atoms with van der Waals surface area (Å²) < 4.78 is 12.5. The molecule has 0 radical (unpaired) electrons. The first-order valence-corrected chi connectivity index (χ1v) is 12.5. The maximum absolute atomic E-state index is 11.4. The van der Waals surface area contributed by atoms with Crippen LogP contribution >= 0.6 is 46.6 Å². The minimum absolute atomic E-state index is 0.305. The topological polar surface area (TPSA) is 117 Å². The molecule has 2 N–H and O–H groups in total. The number of esters is 1. The van der Waals surface area contributed by atoms with Crippen LogP contribution in [0.4, 0.5) is 0 Å². The molecule has 0 atom stereocenters. The summed E-state index contributed by atoms with van der Waals surface area (Å²) in [6, 6.07) is 19.5. The number of thiazole rings is 1. The SMILES string of the molecule is COC(=O)c1csc(-c2snnc2-c2ccccc2)n1.NC(=S)c1snnc1-c1ccccc1. The van der Waals surface area contributed by atoms with Gasteiger partial charge in [0, 0.05) is 16.5 Å². The molecule has 0 aliphatic rings. The molecule has 0 bridgehead atoms. The van der Waals surface area contributed by atoms with E-state index in [4.69, 9.17) is 18.0 Å². The van der Waals surface area contributed by atoms with Gasteiger partial charge in [-0.2, -0.15) is 0 Å². The predicted octanol–water partition coefficient (Wildman–Crippen LogP) is 4.95. The summed E-state index contributed by atoms with van der Waals surface area (Å²) in [5.41, 5.74) is 9.38. The smallest absolute Gasteiger partial charge is 0.357 e. The lowest BCUT2D eigenvalue weighted by Crippen LogP contribution is -2.08. The lowest BCUT2D eigenvalue weighted by molar-refractivity contribution is 0.0595. The second-order valence-electron chi connectivity index (χ2n) is 6.53. The first-order valence-electron chi connectivity index (χ1n) is 9.68. The average molecular weight is 525 g/mol. The highest BCUT2D eigenvalue weighted by Gasteiger charge is 2.18. The molecule has 0 amide bonds. The van der Waals surface area contributed by atoms with Crippen molar-refractivity contribution in [1.82, 2.24) is 24.2 Å². The molecule has 2 aromatic carbocycles. The minimum Gasteiger partial charge on any atom is -0.464 e. The van der Waals surface area contributed by atoms with Crippen molar-refractivity contribution in [2.75, 3.05) is 7.11 Å². The van der Waals surface area contributed by atoms with Gasteiger partial charge in [-0.15, -0.1) is 21.5 Å². The number of carbonyl (C=O) groups excluding carboxylic acids is 1. The number of methoxy groups -OCH3 is 1. The first kappa shape index (κ1) is 23.7. The van der Waals surface area contributed by atoms with Gasteiger partial charge in [0.2, 0.25) is 0 Å². The fourth-order valence-corrected chi connectivity index (χ4v) is 5.13. The minimum atomic E-state index is -0.439. The van der Waals surface area contributed by atoms with Crippen molar-refractivity contribution >= 4 is 57.6 Å². The van der Waals surface area contributed by atoms with Gasteiger partial charge >= 0.3 is 5.97 Å². The molecule has 0 saturated carbocycles. The quantitative estimate of drug-likeness (QED) is 0.252. The molecule has 0 unspecified atom stereocenters. The van der Waals surface area contributed by atoms with Crippen LogP contribution in [0.3, 0.4) is 0 Å². The zero-order valence-electron chi connectivity index (χ0n) is 17.6. The number of carbonyl (C=O) groups is 1. The number of ether oxygens (including phenoxy) is 1. The maximum Gasteiger partial charge on any atom is 0.357 e. The number of benzene rings is 2. The van der Waals surface area contributed by atoms with Gasteiger partial charge in [-0.25, -0.2) is 9.78 Å². The van der Waals surface area contributed by atoms with E-state index in [9.17, 15) is 4.79 Å². The lowest BCUT2D eigenvalue weighted by atomic mass is 10.1. The molecule has 3 aromatic heterocycles. The summed E-state index contributed by atoms with van der Waals surface area (Å²) in [7, 11) is 1.34. The zero-order valence-corrected chi connectivity index (χ0v) is 20.9. The number of hydrogen-bond acceptors (Lipinski definition) is 11. The number of nitrogens with zero attached hydrogens (tertiary/aromatic N) is 5. The van der Waals surface area contributed by atoms with Gasteiger partial charge in [0.15, 0.2) is 5.69 Å². The molecule has 3 heterocycles. The van der Waals surface area contributed by atoms with Gasteiger partial charge in [0.1, 0.15) is 31.1 Å². The summed E-state index contributed by atoms with van der Waals surface area (Å²) in [6.07, 6.45) is 0. The van der Waals surface area contributed by atoms with E-state index in [1.807, 2.05) is 60.7 Å². The van der Waals surface area contributed by atoms with Crippen molar-refractivity contribution in [1.29, 1.82) is 0 Å². The molecule has 0 aliphatic heterocycles. The highest BCUT2D eigenvalue weighted by molar-refractivity contribution is 7.81. The van der Waals surface area contributed by atoms with Crippen LogP contribution in [0.2, 0.25) is 0 Å². The Kier molecular flexibility index (Phi) is 7.75. The number of nitrogens with two attached hydrogens (primary N) is 1. The highest BCUT2D eigenvalue weighted by atomic mass is 32.1. The third kappa shape index (κ3) is 5.37. The van der Waals surface area contributed by atoms with Crippen LogP contribution in [0.25, 0.3) is 32.4 Å². The lowest BCUT2D eigenvalue weighted by Gasteiger charge is -1.97. The molecular formula is C22H16N6O2S4. The van der Waals surface area contributed by atoms with Crippen LogP contribution in [0.15, 0.2) is 66.0 Å². The summed E-state index contributed by atoms with van der Waals surface area (Å²) in [5, 5.41) is 10.6. The first-order chi connectivity index (χ1) is 16.6. The number of rotatable bonds is 5. The van der Waals surface area contributed by atoms with Crippen molar-refractivity contribution in [2.45, 2.75) is 0 Å². The summed E-state index contributed by atoms with van der Waals surface area (Å²) >= 11 is 8.78. The van der Waals surface area contributed by atoms with Crippen LogP contribution in [0.5, 0.6) is 0 Å². The number of thiocarbonyl (C=S) groups is 1. The van der Waals surface area contributed by atoms with E-state index in [1.165, 1.54) is 41.5 Å². The van der Waals surface area contributed by atoms with Crippen LogP contribution in [0.1, 0.15) is 15.4 Å². The second-order valence-corrected chi connectivity index (χ2v) is 9.33. The molecule has 34 heavy (non-hydrogen) atoms. The van der Waals surface area contributed by atoms with E-state index < -0.39 is 5.97 Å².